The number of nitrogens with one attached hydrogen (secondary N) is 2. The molecule has 0 aromatic carbocycles. The normalized spacial score (nSPS) is 12.3. The highest BCUT2D eigenvalue weighted by molar-refractivity contribution is 9.10. The van der Waals surface area contributed by atoms with Crippen LogP contribution in [0.2, 0.25) is 0 Å². The summed E-state index contributed by atoms with van der Waals surface area (Å²) in [4.78, 5) is 8.19. The predicted molar refractivity (Wildman–Crippen MR) is 64.2 cm³/mol. The fourth-order valence-electron chi connectivity index (χ4n) is 0.991. The molecule has 1 unspecified atom stereocenters. The van der Waals surface area contributed by atoms with E-state index in [0.717, 1.165) is 16.1 Å². The van der Waals surface area contributed by atoms with Gasteiger partial charge < -0.3 is 15.4 Å². The van der Waals surface area contributed by atoms with Gasteiger partial charge in [0, 0.05) is 20.7 Å². The Morgan fingerprint density at radius 1 is 1.47 bits per heavy atom. The maximum atomic E-state index is 5.13. The second kappa shape index (κ2) is 5.87. The summed E-state index contributed by atoms with van der Waals surface area (Å²) in [7, 11) is 3.50. The number of methoxy groups -OCH3 is 1. The van der Waals surface area contributed by atoms with Crippen molar-refractivity contribution >= 4 is 27.6 Å². The highest BCUT2D eigenvalue weighted by Crippen LogP contribution is 2.25. The molecule has 0 aliphatic carbocycles. The molecule has 1 heterocycles. The molecule has 0 saturated heterocycles. The van der Waals surface area contributed by atoms with E-state index in [1.807, 2.05) is 14.0 Å². The van der Waals surface area contributed by atoms with Gasteiger partial charge in [-0.3, -0.25) is 0 Å². The number of nitrogens with zero attached hydrogens (tertiary/aromatic N) is 2. The van der Waals surface area contributed by atoms with E-state index in [1.54, 1.807) is 7.11 Å². The lowest BCUT2D eigenvalue weighted by atomic mass is 10.4. The number of hydrogen-bond acceptors (Lipinski definition) is 5. The third kappa shape index (κ3) is 3.32. The Morgan fingerprint density at radius 2 is 2.13 bits per heavy atom. The number of aromatic nitrogens is 2. The lowest BCUT2D eigenvalue weighted by Crippen LogP contribution is -2.19. The van der Waals surface area contributed by atoms with Crippen LogP contribution in [0.25, 0.3) is 0 Å². The zero-order valence-corrected chi connectivity index (χ0v) is 10.6. The molecule has 0 spiro atoms. The quantitative estimate of drug-likeness (QED) is 0.857. The number of halogens is 1. The number of ether oxygens (including phenoxy) is 1. The fourth-order valence-corrected chi connectivity index (χ4v) is 1.53. The Hall–Kier alpha value is -0.880. The van der Waals surface area contributed by atoms with Crippen LogP contribution in [0.15, 0.2) is 10.8 Å². The van der Waals surface area contributed by atoms with Gasteiger partial charge >= 0.3 is 0 Å². The van der Waals surface area contributed by atoms with Crippen LogP contribution < -0.4 is 10.6 Å². The van der Waals surface area contributed by atoms with Crippen LogP contribution in [0.5, 0.6) is 0 Å². The maximum Gasteiger partial charge on any atom is 0.146 e. The summed E-state index contributed by atoms with van der Waals surface area (Å²) >= 11 is 3.42. The first-order chi connectivity index (χ1) is 7.19. The third-order valence-corrected chi connectivity index (χ3v) is 2.74. The maximum absolute atomic E-state index is 5.13. The molecule has 15 heavy (non-hydrogen) atoms. The molecule has 1 rings (SSSR count). The van der Waals surface area contributed by atoms with Crippen molar-refractivity contribution in [1.29, 1.82) is 0 Å². The van der Waals surface area contributed by atoms with Gasteiger partial charge in [-0.05, 0) is 22.9 Å². The standard InChI is InChI=1S/C9H15BrN4O/c1-6(15-3)4-12-9-7(10)8(11-2)13-5-14-9/h5-6H,4H2,1-3H3,(H2,11,12,13,14). The molecule has 2 N–H and O–H groups in total. The first-order valence-electron chi connectivity index (χ1n) is 4.64. The molecule has 1 atom stereocenters. The summed E-state index contributed by atoms with van der Waals surface area (Å²) in [5.74, 6) is 1.52. The summed E-state index contributed by atoms with van der Waals surface area (Å²) in [5.41, 5.74) is 0. The largest absolute Gasteiger partial charge is 0.380 e. The molecule has 1 aromatic rings. The molecule has 5 nitrogen and oxygen atoms in total. The lowest BCUT2D eigenvalue weighted by molar-refractivity contribution is 0.128. The summed E-state index contributed by atoms with van der Waals surface area (Å²) in [6, 6.07) is 0. The van der Waals surface area contributed by atoms with Gasteiger partial charge in [0.05, 0.1) is 6.10 Å². The van der Waals surface area contributed by atoms with Crippen molar-refractivity contribution < 1.29 is 4.74 Å². The van der Waals surface area contributed by atoms with Gasteiger partial charge in [0.15, 0.2) is 0 Å². The van der Waals surface area contributed by atoms with Gasteiger partial charge in [-0.2, -0.15) is 0 Å². The monoisotopic (exact) mass is 274 g/mol. The van der Waals surface area contributed by atoms with Crippen LogP contribution in [0.3, 0.4) is 0 Å². The Labute approximate surface area is 97.8 Å². The van der Waals surface area contributed by atoms with Crippen molar-refractivity contribution in [2.75, 3.05) is 31.3 Å². The average Bonchev–Trinajstić information content (AvgIpc) is 2.27. The van der Waals surface area contributed by atoms with E-state index in [1.165, 1.54) is 6.33 Å². The van der Waals surface area contributed by atoms with Crippen molar-refractivity contribution in [3.05, 3.63) is 10.8 Å². The molecule has 6 heteroatoms. The summed E-state index contributed by atoms with van der Waals surface area (Å²) in [6.45, 7) is 2.69. The van der Waals surface area contributed by atoms with E-state index in [9.17, 15) is 0 Å². The number of anilines is 2. The smallest absolute Gasteiger partial charge is 0.146 e. The zero-order valence-electron chi connectivity index (χ0n) is 9.04. The van der Waals surface area contributed by atoms with Crippen molar-refractivity contribution in [2.24, 2.45) is 0 Å². The molecule has 0 aliphatic heterocycles. The van der Waals surface area contributed by atoms with Gasteiger partial charge in [0.2, 0.25) is 0 Å². The topological polar surface area (TPSA) is 59.1 Å². The van der Waals surface area contributed by atoms with Gasteiger partial charge in [-0.1, -0.05) is 0 Å². The Balaban J connectivity index is 2.68. The van der Waals surface area contributed by atoms with Gasteiger partial charge in [-0.25, -0.2) is 9.97 Å². The van der Waals surface area contributed by atoms with Gasteiger partial charge in [0.25, 0.3) is 0 Å². The van der Waals surface area contributed by atoms with E-state index in [4.69, 9.17) is 4.74 Å². The van der Waals surface area contributed by atoms with E-state index in [0.29, 0.717) is 6.54 Å². The second-order valence-corrected chi connectivity index (χ2v) is 3.86. The summed E-state index contributed by atoms with van der Waals surface area (Å²) < 4.78 is 5.96. The zero-order chi connectivity index (χ0) is 11.3. The van der Waals surface area contributed by atoms with Crippen molar-refractivity contribution in [3.63, 3.8) is 0 Å². The molecule has 0 aliphatic rings. The molecule has 1 aromatic heterocycles. The molecule has 0 amide bonds. The molecular formula is C9H15BrN4O. The molecule has 84 valence electrons. The molecule has 0 saturated carbocycles. The number of rotatable bonds is 5. The first kappa shape index (κ1) is 12.2. The van der Waals surface area contributed by atoms with Crippen molar-refractivity contribution in [3.8, 4) is 0 Å². The predicted octanol–water partition coefficient (Wildman–Crippen LogP) is 1.73. The van der Waals surface area contributed by atoms with Crippen molar-refractivity contribution in [1.82, 2.24) is 9.97 Å². The highest BCUT2D eigenvalue weighted by atomic mass is 79.9. The van der Waals surface area contributed by atoms with Crippen LogP contribution in [-0.4, -0.2) is 36.8 Å². The van der Waals surface area contributed by atoms with E-state index < -0.39 is 0 Å². The van der Waals surface area contributed by atoms with Crippen LogP contribution in [-0.2, 0) is 4.74 Å². The first-order valence-corrected chi connectivity index (χ1v) is 5.43. The van der Waals surface area contributed by atoms with Crippen LogP contribution in [0.1, 0.15) is 6.92 Å². The molecule has 0 fully saturated rings. The Bertz CT molecular complexity index is 321. The van der Waals surface area contributed by atoms with E-state index in [2.05, 4.69) is 36.5 Å². The minimum Gasteiger partial charge on any atom is -0.380 e. The van der Waals surface area contributed by atoms with Crippen LogP contribution in [0, 0.1) is 0 Å². The highest BCUT2D eigenvalue weighted by Gasteiger charge is 2.07. The molecule has 0 radical (unpaired) electrons. The van der Waals surface area contributed by atoms with Gasteiger partial charge in [0.1, 0.15) is 22.4 Å². The minimum atomic E-state index is 0.143. The average molecular weight is 275 g/mol. The minimum absolute atomic E-state index is 0.143. The number of hydrogen-bond donors (Lipinski definition) is 2. The van der Waals surface area contributed by atoms with E-state index >= 15 is 0 Å². The lowest BCUT2D eigenvalue weighted by Gasteiger charge is -2.13. The van der Waals surface area contributed by atoms with Crippen LogP contribution in [0.4, 0.5) is 11.6 Å². The Morgan fingerprint density at radius 3 is 2.73 bits per heavy atom. The third-order valence-electron chi connectivity index (χ3n) is 1.99. The molecular weight excluding hydrogens is 260 g/mol. The second-order valence-electron chi connectivity index (χ2n) is 3.06. The fraction of sp³-hybridized carbons (Fsp3) is 0.556. The van der Waals surface area contributed by atoms with Crippen molar-refractivity contribution in [2.45, 2.75) is 13.0 Å². The molecule has 0 bridgehead atoms. The van der Waals surface area contributed by atoms with Crippen LogP contribution >= 0.6 is 15.9 Å². The Kier molecular flexibility index (Phi) is 4.77. The SMILES string of the molecule is CNc1ncnc(NCC(C)OC)c1Br. The van der Waals surface area contributed by atoms with E-state index in [-0.39, 0.29) is 6.10 Å². The summed E-state index contributed by atoms with van der Waals surface area (Å²) in [6.07, 6.45) is 1.65. The van der Waals surface area contributed by atoms with Gasteiger partial charge in [-0.15, -0.1) is 0 Å². The summed E-state index contributed by atoms with van der Waals surface area (Å²) in [5, 5.41) is 6.14.